The maximum absolute atomic E-state index is 11.8. The molecule has 0 spiro atoms. The van der Waals surface area contributed by atoms with E-state index in [1.165, 1.54) is 18.9 Å². The van der Waals surface area contributed by atoms with Crippen LogP contribution >= 0.6 is 23.2 Å². The lowest BCUT2D eigenvalue weighted by Crippen LogP contribution is -2.30. The van der Waals surface area contributed by atoms with Crippen LogP contribution in [0.2, 0.25) is 10.0 Å². The SMILES string of the molecule is CCCCC[C@@H](C)NC(=O)/C=C/c1c(Cl)cccc1Cl. The summed E-state index contributed by atoms with van der Waals surface area (Å²) in [7, 11) is 0. The molecule has 0 aliphatic carbocycles. The van der Waals surface area contributed by atoms with E-state index in [4.69, 9.17) is 23.2 Å². The van der Waals surface area contributed by atoms with E-state index in [2.05, 4.69) is 12.2 Å². The first-order valence-corrected chi connectivity index (χ1v) is 7.72. The van der Waals surface area contributed by atoms with Gasteiger partial charge in [0, 0.05) is 27.7 Å². The molecule has 1 rings (SSSR count). The molecule has 1 N–H and O–H groups in total. The van der Waals surface area contributed by atoms with Crippen molar-refractivity contribution >= 4 is 35.2 Å². The van der Waals surface area contributed by atoms with Crippen LogP contribution in [-0.2, 0) is 4.79 Å². The molecule has 1 aromatic rings. The molecule has 1 aromatic carbocycles. The second-order valence-corrected chi connectivity index (χ2v) is 5.69. The first kappa shape index (κ1) is 17.1. The molecule has 0 saturated heterocycles. The number of nitrogens with one attached hydrogen (secondary N) is 1. The monoisotopic (exact) mass is 313 g/mol. The topological polar surface area (TPSA) is 29.1 Å². The number of amides is 1. The summed E-state index contributed by atoms with van der Waals surface area (Å²) >= 11 is 12.1. The summed E-state index contributed by atoms with van der Waals surface area (Å²) in [5, 5.41) is 4.01. The predicted octanol–water partition coefficient (Wildman–Crippen LogP) is 5.09. The lowest BCUT2D eigenvalue weighted by molar-refractivity contribution is -0.117. The highest BCUT2D eigenvalue weighted by molar-refractivity contribution is 6.37. The zero-order valence-corrected chi connectivity index (χ0v) is 13.5. The Morgan fingerprint density at radius 3 is 2.55 bits per heavy atom. The maximum Gasteiger partial charge on any atom is 0.244 e. The molecule has 0 radical (unpaired) electrons. The number of carbonyl (C=O) groups is 1. The third-order valence-corrected chi connectivity index (χ3v) is 3.69. The molecule has 0 fully saturated rings. The van der Waals surface area contributed by atoms with E-state index in [1.807, 2.05) is 6.92 Å². The highest BCUT2D eigenvalue weighted by atomic mass is 35.5. The van der Waals surface area contributed by atoms with Gasteiger partial charge in [-0.05, 0) is 31.6 Å². The smallest absolute Gasteiger partial charge is 0.244 e. The van der Waals surface area contributed by atoms with E-state index in [9.17, 15) is 4.79 Å². The second kappa shape index (κ2) is 9.04. The van der Waals surface area contributed by atoms with Crippen LogP contribution in [-0.4, -0.2) is 11.9 Å². The van der Waals surface area contributed by atoms with E-state index < -0.39 is 0 Å². The third kappa shape index (κ3) is 5.98. The Hall–Kier alpha value is -0.990. The molecule has 2 nitrogen and oxygen atoms in total. The lowest BCUT2D eigenvalue weighted by atomic mass is 10.1. The van der Waals surface area contributed by atoms with E-state index in [-0.39, 0.29) is 11.9 Å². The fourth-order valence-electron chi connectivity index (χ4n) is 1.89. The molecule has 0 aliphatic heterocycles. The quantitative estimate of drug-likeness (QED) is 0.551. The first-order chi connectivity index (χ1) is 9.54. The largest absolute Gasteiger partial charge is 0.350 e. The molecule has 1 amide bonds. The molecule has 0 heterocycles. The Morgan fingerprint density at radius 2 is 1.95 bits per heavy atom. The standard InChI is InChI=1S/C16H21Cl2NO/c1-3-4-5-7-12(2)19-16(20)11-10-13-14(17)8-6-9-15(13)18/h6,8-12H,3-5,7H2,1-2H3,(H,19,20)/b11-10+/t12-/m1/s1. The molecular weight excluding hydrogens is 293 g/mol. The number of carbonyl (C=O) groups excluding carboxylic acids is 1. The van der Waals surface area contributed by atoms with Gasteiger partial charge >= 0.3 is 0 Å². The summed E-state index contributed by atoms with van der Waals surface area (Å²) < 4.78 is 0. The van der Waals surface area contributed by atoms with Crippen LogP contribution in [0.15, 0.2) is 24.3 Å². The van der Waals surface area contributed by atoms with Gasteiger partial charge in [-0.1, -0.05) is 55.5 Å². The van der Waals surface area contributed by atoms with Gasteiger partial charge < -0.3 is 5.32 Å². The molecule has 20 heavy (non-hydrogen) atoms. The highest BCUT2D eigenvalue weighted by Crippen LogP contribution is 2.25. The number of rotatable bonds is 7. The van der Waals surface area contributed by atoms with Crippen molar-refractivity contribution in [2.24, 2.45) is 0 Å². The van der Waals surface area contributed by atoms with E-state index in [0.29, 0.717) is 15.6 Å². The van der Waals surface area contributed by atoms with Gasteiger partial charge in [0.15, 0.2) is 0 Å². The predicted molar refractivity (Wildman–Crippen MR) is 87.2 cm³/mol. The number of benzene rings is 1. The Kier molecular flexibility index (Phi) is 7.71. The van der Waals surface area contributed by atoms with Crippen LogP contribution in [0.3, 0.4) is 0 Å². The molecule has 1 atom stereocenters. The molecule has 0 bridgehead atoms. The van der Waals surface area contributed by atoms with Gasteiger partial charge in [0.05, 0.1) is 0 Å². The van der Waals surface area contributed by atoms with Crippen molar-refractivity contribution in [1.29, 1.82) is 0 Å². The van der Waals surface area contributed by atoms with E-state index in [1.54, 1.807) is 24.3 Å². The molecular formula is C16H21Cl2NO. The average molecular weight is 314 g/mol. The Labute approximate surface area is 131 Å². The van der Waals surface area contributed by atoms with Gasteiger partial charge in [-0.15, -0.1) is 0 Å². The fourth-order valence-corrected chi connectivity index (χ4v) is 2.42. The van der Waals surface area contributed by atoms with Crippen LogP contribution in [0.1, 0.15) is 45.1 Å². The average Bonchev–Trinajstić information content (AvgIpc) is 2.38. The normalized spacial score (nSPS) is 12.6. The number of hydrogen-bond donors (Lipinski definition) is 1. The molecule has 0 saturated carbocycles. The summed E-state index contributed by atoms with van der Waals surface area (Å²) in [5.74, 6) is -0.120. The van der Waals surface area contributed by atoms with Crippen LogP contribution in [0.4, 0.5) is 0 Å². The van der Waals surface area contributed by atoms with E-state index >= 15 is 0 Å². The van der Waals surface area contributed by atoms with Crippen LogP contribution in [0.5, 0.6) is 0 Å². The molecule has 4 heteroatoms. The number of halogens is 2. The van der Waals surface area contributed by atoms with Crippen LogP contribution < -0.4 is 5.32 Å². The van der Waals surface area contributed by atoms with Gasteiger partial charge in [0.25, 0.3) is 0 Å². The summed E-state index contributed by atoms with van der Waals surface area (Å²) in [6.45, 7) is 4.18. The molecule has 0 aromatic heterocycles. The number of hydrogen-bond acceptors (Lipinski definition) is 1. The van der Waals surface area contributed by atoms with Crippen molar-refractivity contribution in [3.63, 3.8) is 0 Å². The summed E-state index contributed by atoms with van der Waals surface area (Å²) in [4.78, 5) is 11.8. The van der Waals surface area contributed by atoms with Crippen molar-refractivity contribution < 1.29 is 4.79 Å². The van der Waals surface area contributed by atoms with Crippen LogP contribution in [0.25, 0.3) is 6.08 Å². The fraction of sp³-hybridized carbons (Fsp3) is 0.438. The van der Waals surface area contributed by atoms with Crippen molar-refractivity contribution in [2.45, 2.75) is 45.6 Å². The molecule has 110 valence electrons. The highest BCUT2D eigenvalue weighted by Gasteiger charge is 2.05. The van der Waals surface area contributed by atoms with Gasteiger partial charge in [0.1, 0.15) is 0 Å². The van der Waals surface area contributed by atoms with E-state index in [0.717, 1.165) is 12.8 Å². The zero-order valence-electron chi connectivity index (χ0n) is 12.0. The third-order valence-electron chi connectivity index (χ3n) is 3.03. The Balaban J connectivity index is 2.51. The van der Waals surface area contributed by atoms with Crippen molar-refractivity contribution in [2.75, 3.05) is 0 Å². The van der Waals surface area contributed by atoms with Crippen LogP contribution in [0, 0.1) is 0 Å². The van der Waals surface area contributed by atoms with Crippen molar-refractivity contribution in [3.8, 4) is 0 Å². The van der Waals surface area contributed by atoms with Gasteiger partial charge in [-0.3, -0.25) is 4.79 Å². The maximum atomic E-state index is 11.8. The Bertz CT molecular complexity index is 451. The minimum atomic E-state index is -0.120. The minimum absolute atomic E-state index is 0.120. The van der Waals surface area contributed by atoms with Gasteiger partial charge in [-0.2, -0.15) is 0 Å². The first-order valence-electron chi connectivity index (χ1n) is 6.97. The Morgan fingerprint density at radius 1 is 1.30 bits per heavy atom. The lowest BCUT2D eigenvalue weighted by Gasteiger charge is -2.11. The summed E-state index contributed by atoms with van der Waals surface area (Å²) in [6, 6.07) is 5.45. The minimum Gasteiger partial charge on any atom is -0.350 e. The zero-order chi connectivity index (χ0) is 15.0. The molecule has 0 aliphatic rings. The van der Waals surface area contributed by atoms with Crippen molar-refractivity contribution in [1.82, 2.24) is 5.32 Å². The molecule has 0 unspecified atom stereocenters. The van der Waals surface area contributed by atoms with Crippen molar-refractivity contribution in [3.05, 3.63) is 39.9 Å². The van der Waals surface area contributed by atoms with Gasteiger partial charge in [0.2, 0.25) is 5.91 Å². The van der Waals surface area contributed by atoms with Gasteiger partial charge in [-0.25, -0.2) is 0 Å². The summed E-state index contributed by atoms with van der Waals surface area (Å²) in [6.07, 6.45) is 7.65. The number of unbranched alkanes of at least 4 members (excludes halogenated alkanes) is 2. The summed E-state index contributed by atoms with van der Waals surface area (Å²) in [5.41, 5.74) is 0.671. The second-order valence-electron chi connectivity index (χ2n) is 4.87.